The summed E-state index contributed by atoms with van der Waals surface area (Å²) in [7, 11) is 0. The van der Waals surface area contributed by atoms with Crippen molar-refractivity contribution in [3.05, 3.63) is 29.1 Å². The molecule has 3 amide bonds. The molecule has 1 atom stereocenters. The molecule has 0 spiro atoms. The minimum absolute atomic E-state index is 0.0230. The molecule has 6 nitrogen and oxygen atoms in total. The van der Waals surface area contributed by atoms with Crippen molar-refractivity contribution in [1.29, 1.82) is 0 Å². The Labute approximate surface area is 122 Å². The third-order valence-corrected chi connectivity index (χ3v) is 3.17. The average Bonchev–Trinajstić information content (AvgIpc) is 2.87. The topological polar surface area (TPSA) is 92.5 Å². The van der Waals surface area contributed by atoms with E-state index in [4.69, 9.17) is 8.35 Å². The first kappa shape index (κ1) is 7.37. The van der Waals surface area contributed by atoms with E-state index in [9.17, 15) is 18.8 Å². The third kappa shape index (κ3) is 1.82. The lowest BCUT2D eigenvalue weighted by Crippen LogP contribution is -2.52. The zero-order valence-corrected chi connectivity index (χ0v) is 10.0. The van der Waals surface area contributed by atoms with Gasteiger partial charge in [0.25, 0.3) is 5.91 Å². The number of halogens is 1. The number of nitrogen functional groups attached to an aromatic ring is 1. The van der Waals surface area contributed by atoms with Gasteiger partial charge in [0, 0.05) is 32.5 Å². The molecule has 0 aliphatic carbocycles. The Hall–Kier alpha value is -2.44. The number of amides is 3. The molecule has 7 heteroatoms. The lowest BCUT2D eigenvalue weighted by Gasteiger charge is -2.29. The minimum atomic E-state index is -2.72. The zero-order valence-electron chi connectivity index (χ0n) is 16.0. The number of hydrogen-bond donors (Lipinski definition) is 2. The molecule has 1 aromatic rings. The average molecular weight is 283 g/mol. The van der Waals surface area contributed by atoms with E-state index in [0.717, 1.165) is 12.1 Å². The van der Waals surface area contributed by atoms with Crippen molar-refractivity contribution in [3.63, 3.8) is 0 Å². The molecule has 2 heterocycles. The summed E-state index contributed by atoms with van der Waals surface area (Å²) in [5.41, 5.74) is -0.435. The van der Waals surface area contributed by atoms with Crippen LogP contribution >= 0.6 is 0 Å². The van der Waals surface area contributed by atoms with Crippen molar-refractivity contribution in [3.8, 4) is 0 Å². The fraction of sp³-hybridized carbons (Fsp3) is 0.308. The lowest BCUT2D eigenvalue weighted by molar-refractivity contribution is -0.136. The Morgan fingerprint density at radius 1 is 1.55 bits per heavy atom. The molecule has 0 radical (unpaired) electrons. The van der Waals surface area contributed by atoms with Gasteiger partial charge in [0.1, 0.15) is 11.8 Å². The maximum atomic E-state index is 13.7. The van der Waals surface area contributed by atoms with Crippen LogP contribution in [0.4, 0.5) is 10.1 Å². The number of nitrogens with one attached hydrogen (secondary N) is 1. The summed E-state index contributed by atoms with van der Waals surface area (Å²) >= 11 is 0. The van der Waals surface area contributed by atoms with Gasteiger partial charge in [0.2, 0.25) is 11.8 Å². The predicted molar refractivity (Wildman–Crippen MR) is 66.9 cm³/mol. The number of nitrogens with two attached hydrogens (primary N) is 1. The van der Waals surface area contributed by atoms with E-state index in [-0.39, 0.29) is 27.8 Å². The molecule has 2 aliphatic rings. The van der Waals surface area contributed by atoms with Crippen LogP contribution in [0.3, 0.4) is 0 Å². The maximum absolute atomic E-state index is 13.7. The fourth-order valence-electron chi connectivity index (χ4n) is 2.21. The van der Waals surface area contributed by atoms with Crippen LogP contribution in [0.2, 0.25) is 4.24 Å². The van der Waals surface area contributed by atoms with Crippen molar-refractivity contribution in [2.75, 3.05) is 5.72 Å². The van der Waals surface area contributed by atoms with E-state index in [1.165, 1.54) is 0 Å². The number of nitrogens with zero attached hydrogens (tertiary/aromatic N) is 1. The lowest BCUT2D eigenvalue weighted by atomic mass is 10.0. The molecule has 0 bridgehead atoms. The number of fused-ring (bicyclic) bond motifs is 1. The summed E-state index contributed by atoms with van der Waals surface area (Å²) in [6, 6.07) is -0.925. The number of anilines is 1. The Morgan fingerprint density at radius 2 is 2.35 bits per heavy atom. The number of carbonyl (C=O) groups is 3. The van der Waals surface area contributed by atoms with Crippen LogP contribution < -0.4 is 11.0 Å². The first-order chi connectivity index (χ1) is 11.9. The molecule has 20 heavy (non-hydrogen) atoms. The van der Waals surface area contributed by atoms with Crippen molar-refractivity contribution >= 4 is 23.4 Å². The van der Waals surface area contributed by atoms with E-state index in [1.807, 2.05) is 0 Å². The smallest absolute Gasteiger partial charge is 0.255 e. The van der Waals surface area contributed by atoms with Gasteiger partial charge in [-0.05, 0) is 18.6 Å². The second-order valence-electron chi connectivity index (χ2n) is 4.36. The standard InChI is InChI=1S/C13H12FN3O3/c14-6-3-7-8(9(15)4-6)5-17(13(7)20)10-1-2-11(18)16-12(10)19/h3-4,10H,1-2,5,15H2,(H,16,18,19)/i2D2,10D/hD3. The van der Waals surface area contributed by atoms with E-state index in [0.29, 0.717) is 4.90 Å². The Balaban J connectivity index is 2.08. The van der Waals surface area contributed by atoms with Gasteiger partial charge < -0.3 is 10.6 Å². The van der Waals surface area contributed by atoms with Crippen molar-refractivity contribution in [2.24, 2.45) is 0 Å². The van der Waals surface area contributed by atoms with Gasteiger partial charge in [0.05, 0.1) is 1.37 Å². The highest BCUT2D eigenvalue weighted by Gasteiger charge is 2.39. The molecule has 1 saturated heterocycles. The maximum Gasteiger partial charge on any atom is 0.255 e. The summed E-state index contributed by atoms with van der Waals surface area (Å²) in [5, 5.41) is -0.282. The molecule has 1 aromatic carbocycles. The molecule has 2 aliphatic heterocycles. The number of piperidine rings is 1. The fourth-order valence-corrected chi connectivity index (χ4v) is 2.21. The molecule has 1 fully saturated rings. The second kappa shape index (κ2) is 4.29. The molecule has 0 aromatic heterocycles. The van der Waals surface area contributed by atoms with E-state index < -0.39 is 48.9 Å². The monoisotopic (exact) mass is 283 g/mol. The molecule has 104 valence electrons. The first-order valence-electron chi connectivity index (χ1n) is 8.54. The van der Waals surface area contributed by atoms with Crippen LogP contribution in [0.1, 0.15) is 32.8 Å². The molecular formula is C13H12FN3O3. The summed E-state index contributed by atoms with van der Waals surface area (Å²) in [6.45, 7) is -0.467. The number of carbonyl (C=O) groups excluding carboxylic acids is 3. The van der Waals surface area contributed by atoms with Crippen LogP contribution in [0, 0.1) is 5.82 Å². The van der Waals surface area contributed by atoms with Gasteiger partial charge >= 0.3 is 0 Å². The predicted octanol–water partition coefficient (Wildman–Crippen LogP) is 0.169. The number of rotatable bonds is 2. The van der Waals surface area contributed by atoms with Crippen LogP contribution in [0.5, 0.6) is 0 Å². The van der Waals surface area contributed by atoms with Crippen LogP contribution in [0.25, 0.3) is 0 Å². The molecule has 3 N–H and O–H groups in total. The van der Waals surface area contributed by atoms with Crippen LogP contribution in [-0.4, -0.2) is 28.6 Å². The van der Waals surface area contributed by atoms with Crippen molar-refractivity contribution in [2.45, 2.75) is 25.4 Å². The Morgan fingerprint density at radius 3 is 3.10 bits per heavy atom. The highest BCUT2D eigenvalue weighted by Crippen LogP contribution is 2.31. The van der Waals surface area contributed by atoms with E-state index in [2.05, 4.69) is 0 Å². The number of benzene rings is 1. The normalized spacial score (nSPS) is 32.8. The summed E-state index contributed by atoms with van der Waals surface area (Å²) in [4.78, 5) is 37.3. The van der Waals surface area contributed by atoms with Gasteiger partial charge in [-0.1, -0.05) is 0 Å². The van der Waals surface area contributed by atoms with E-state index in [1.54, 1.807) is 0 Å². The molecule has 1 unspecified atom stereocenters. The summed E-state index contributed by atoms with van der Waals surface area (Å²) in [6.07, 6.45) is -3.71. The quantitative estimate of drug-likeness (QED) is 0.597. The molecular weight excluding hydrogens is 265 g/mol. The second-order valence-corrected chi connectivity index (χ2v) is 4.36. The van der Waals surface area contributed by atoms with Crippen LogP contribution in [-0.2, 0) is 16.1 Å². The van der Waals surface area contributed by atoms with Gasteiger partial charge in [-0.2, -0.15) is 0 Å². The summed E-state index contributed by atoms with van der Waals surface area (Å²) < 4.78 is 59.4. The molecule has 3 rings (SSSR count). The Kier molecular flexibility index (Phi) is 1.58. The third-order valence-electron chi connectivity index (χ3n) is 3.17. The van der Waals surface area contributed by atoms with E-state index >= 15 is 0 Å². The first-order valence-corrected chi connectivity index (χ1v) is 5.70. The van der Waals surface area contributed by atoms with Gasteiger partial charge in [0.15, 0.2) is 4.24 Å². The zero-order chi connectivity index (χ0) is 19.6. The Bertz CT molecular complexity index is 851. The highest BCUT2D eigenvalue weighted by atomic mass is 19.1. The van der Waals surface area contributed by atoms with Gasteiger partial charge in [-0.25, -0.2) is 4.39 Å². The minimum Gasteiger partial charge on any atom is -0.398 e. The number of hydrogen-bond acceptors (Lipinski definition) is 4. The van der Waals surface area contributed by atoms with Crippen molar-refractivity contribution < 1.29 is 27.1 Å². The SMILES string of the molecule is [2H]N1C(=O)C([2H])([2H])CC([2H])(N2Cc3c(cc(F)cc3N([2H])[2H])C2=O)C1=O. The van der Waals surface area contributed by atoms with Crippen LogP contribution in [0.15, 0.2) is 12.1 Å². The highest BCUT2D eigenvalue weighted by molar-refractivity contribution is 6.06. The van der Waals surface area contributed by atoms with Gasteiger partial charge in [-0.3, -0.25) is 19.7 Å². The number of imide groups is 1. The van der Waals surface area contributed by atoms with Gasteiger partial charge in [-0.15, -0.1) is 0 Å². The van der Waals surface area contributed by atoms with Crippen molar-refractivity contribution in [1.82, 2.24) is 10.2 Å². The summed E-state index contributed by atoms with van der Waals surface area (Å²) in [5.74, 6) is -4.73. The largest absolute Gasteiger partial charge is 0.398 e. The molecule has 0 saturated carbocycles.